The Hall–Kier alpha value is -2.16. The Bertz CT molecular complexity index is 791. The molecule has 1 amide bonds. The number of nitrogens with zero attached hydrogens (tertiary/aromatic N) is 1. The number of anilines is 1. The Morgan fingerprint density at radius 3 is 2.88 bits per heavy atom. The number of benzene rings is 1. The molecule has 0 radical (unpaired) electrons. The molecule has 1 aromatic heterocycles. The molecule has 4 nitrogen and oxygen atoms in total. The highest BCUT2D eigenvalue weighted by Crippen LogP contribution is 2.39. The summed E-state index contributed by atoms with van der Waals surface area (Å²) in [6, 6.07) is 12.4. The molecular formula is C20H23N3OS. The smallest absolute Gasteiger partial charge is 0.238 e. The van der Waals surface area contributed by atoms with E-state index in [9.17, 15) is 10.1 Å². The zero-order valence-electron chi connectivity index (χ0n) is 14.6. The Labute approximate surface area is 152 Å². The second kappa shape index (κ2) is 7.81. The molecule has 0 aliphatic heterocycles. The Balaban J connectivity index is 1.63. The van der Waals surface area contributed by atoms with Crippen molar-refractivity contribution in [2.45, 2.75) is 39.2 Å². The molecule has 0 saturated carbocycles. The van der Waals surface area contributed by atoms with Crippen LogP contribution < -0.4 is 10.6 Å². The SMILES string of the molecule is C[C@@H]1CCc2c(sc(NC(=O)CN[C@@H](C)c3ccccc3)c2C#N)C1. The maximum atomic E-state index is 12.3. The lowest BCUT2D eigenvalue weighted by Gasteiger charge is -2.17. The summed E-state index contributed by atoms with van der Waals surface area (Å²) in [6.45, 7) is 4.50. The molecular weight excluding hydrogens is 330 g/mol. The molecule has 1 heterocycles. The minimum Gasteiger partial charge on any atom is -0.315 e. The van der Waals surface area contributed by atoms with Crippen molar-refractivity contribution < 1.29 is 4.79 Å². The van der Waals surface area contributed by atoms with E-state index in [0.29, 0.717) is 16.5 Å². The predicted octanol–water partition coefficient (Wildman–Crippen LogP) is 4.03. The van der Waals surface area contributed by atoms with Crippen molar-refractivity contribution in [2.24, 2.45) is 5.92 Å². The van der Waals surface area contributed by atoms with Crippen molar-refractivity contribution in [3.05, 3.63) is 51.9 Å². The van der Waals surface area contributed by atoms with Crippen LogP contribution in [-0.2, 0) is 17.6 Å². The summed E-state index contributed by atoms with van der Waals surface area (Å²) in [5.41, 5.74) is 2.96. The van der Waals surface area contributed by atoms with Crippen LogP contribution in [0.1, 0.15) is 47.9 Å². The molecule has 1 aliphatic carbocycles. The van der Waals surface area contributed by atoms with Crippen molar-refractivity contribution >= 4 is 22.2 Å². The number of hydrogen-bond donors (Lipinski definition) is 2. The number of amides is 1. The second-order valence-corrected chi connectivity index (χ2v) is 7.83. The van der Waals surface area contributed by atoms with E-state index < -0.39 is 0 Å². The number of thiophene rings is 1. The molecule has 2 aromatic rings. The largest absolute Gasteiger partial charge is 0.315 e. The lowest BCUT2D eigenvalue weighted by atomic mass is 9.89. The van der Waals surface area contributed by atoms with Crippen LogP contribution in [-0.4, -0.2) is 12.5 Å². The van der Waals surface area contributed by atoms with Crippen molar-refractivity contribution in [1.82, 2.24) is 5.32 Å². The molecule has 0 spiro atoms. The zero-order valence-corrected chi connectivity index (χ0v) is 15.5. The molecule has 2 atom stereocenters. The number of fused-ring (bicyclic) bond motifs is 1. The summed E-state index contributed by atoms with van der Waals surface area (Å²) in [7, 11) is 0. The van der Waals surface area contributed by atoms with E-state index in [0.717, 1.165) is 30.4 Å². The van der Waals surface area contributed by atoms with Gasteiger partial charge in [0.15, 0.2) is 0 Å². The van der Waals surface area contributed by atoms with Crippen LogP contribution >= 0.6 is 11.3 Å². The molecule has 0 fully saturated rings. The average Bonchev–Trinajstić information content (AvgIpc) is 2.96. The standard InChI is InChI=1S/C20H23N3OS/c1-13-8-9-16-17(11-21)20(25-18(16)10-13)23-19(24)12-22-14(2)15-6-4-3-5-7-15/h3-7,13-14,22H,8-10,12H2,1-2H3,(H,23,24)/t13-,14+/m1/s1. The Morgan fingerprint density at radius 1 is 1.40 bits per heavy atom. The minimum atomic E-state index is -0.106. The molecule has 2 N–H and O–H groups in total. The first-order valence-electron chi connectivity index (χ1n) is 8.71. The van der Waals surface area contributed by atoms with Gasteiger partial charge in [-0.1, -0.05) is 37.3 Å². The first-order valence-corrected chi connectivity index (χ1v) is 9.53. The van der Waals surface area contributed by atoms with Crippen molar-refractivity contribution in [2.75, 3.05) is 11.9 Å². The topological polar surface area (TPSA) is 64.9 Å². The summed E-state index contributed by atoms with van der Waals surface area (Å²) in [4.78, 5) is 13.6. The predicted molar refractivity (Wildman–Crippen MR) is 102 cm³/mol. The fraction of sp³-hybridized carbons (Fsp3) is 0.400. The molecule has 25 heavy (non-hydrogen) atoms. The molecule has 0 saturated heterocycles. The molecule has 130 valence electrons. The number of hydrogen-bond acceptors (Lipinski definition) is 4. The lowest BCUT2D eigenvalue weighted by molar-refractivity contribution is -0.115. The third-order valence-corrected chi connectivity index (χ3v) is 5.91. The van der Waals surface area contributed by atoms with Gasteiger partial charge in [-0.3, -0.25) is 4.79 Å². The molecule has 1 aromatic carbocycles. The highest BCUT2D eigenvalue weighted by Gasteiger charge is 2.24. The van der Waals surface area contributed by atoms with Crippen LogP contribution in [0.15, 0.2) is 30.3 Å². The molecule has 5 heteroatoms. The number of rotatable bonds is 5. The van der Waals surface area contributed by atoms with E-state index in [4.69, 9.17) is 0 Å². The van der Waals surface area contributed by atoms with Crippen LogP contribution in [0.5, 0.6) is 0 Å². The number of carbonyl (C=O) groups excluding carboxylic acids is 1. The van der Waals surface area contributed by atoms with Crippen molar-refractivity contribution in [3.8, 4) is 6.07 Å². The van der Waals surface area contributed by atoms with E-state index in [-0.39, 0.29) is 18.5 Å². The lowest BCUT2D eigenvalue weighted by Crippen LogP contribution is -2.30. The van der Waals surface area contributed by atoms with E-state index in [2.05, 4.69) is 23.6 Å². The quantitative estimate of drug-likeness (QED) is 0.853. The maximum Gasteiger partial charge on any atom is 0.238 e. The van der Waals surface area contributed by atoms with E-state index in [1.54, 1.807) is 11.3 Å². The Morgan fingerprint density at radius 2 is 2.16 bits per heavy atom. The number of nitrogens with one attached hydrogen (secondary N) is 2. The fourth-order valence-electron chi connectivity index (χ4n) is 3.23. The first kappa shape index (κ1) is 17.7. The van der Waals surface area contributed by atoms with Gasteiger partial charge in [-0.15, -0.1) is 11.3 Å². The van der Waals surface area contributed by atoms with Gasteiger partial charge in [0.2, 0.25) is 5.91 Å². The van der Waals surface area contributed by atoms with E-state index >= 15 is 0 Å². The molecule has 1 aliphatic rings. The van der Waals surface area contributed by atoms with Gasteiger partial charge in [0, 0.05) is 10.9 Å². The molecule has 3 rings (SSSR count). The highest BCUT2D eigenvalue weighted by molar-refractivity contribution is 7.16. The summed E-state index contributed by atoms with van der Waals surface area (Å²) >= 11 is 1.57. The van der Waals surface area contributed by atoms with Gasteiger partial charge in [-0.25, -0.2) is 0 Å². The van der Waals surface area contributed by atoms with Crippen LogP contribution in [0.25, 0.3) is 0 Å². The highest BCUT2D eigenvalue weighted by atomic mass is 32.1. The van der Waals surface area contributed by atoms with Crippen molar-refractivity contribution in [1.29, 1.82) is 5.26 Å². The summed E-state index contributed by atoms with van der Waals surface area (Å²) in [5, 5.41) is 16.4. The molecule has 0 unspecified atom stereocenters. The van der Waals surface area contributed by atoms with E-state index in [1.165, 1.54) is 4.88 Å². The van der Waals surface area contributed by atoms with Gasteiger partial charge in [0.25, 0.3) is 0 Å². The summed E-state index contributed by atoms with van der Waals surface area (Å²) < 4.78 is 0. The number of carbonyl (C=O) groups is 1. The normalized spacial score (nSPS) is 17.4. The van der Waals surface area contributed by atoms with Crippen LogP contribution in [0, 0.1) is 17.2 Å². The first-order chi connectivity index (χ1) is 12.1. The van der Waals surface area contributed by atoms with Gasteiger partial charge in [0.05, 0.1) is 12.1 Å². The van der Waals surface area contributed by atoms with Gasteiger partial charge in [-0.2, -0.15) is 5.26 Å². The van der Waals surface area contributed by atoms with E-state index in [1.807, 2.05) is 37.3 Å². The monoisotopic (exact) mass is 353 g/mol. The second-order valence-electron chi connectivity index (χ2n) is 6.73. The molecule has 0 bridgehead atoms. The Kier molecular flexibility index (Phi) is 5.52. The van der Waals surface area contributed by atoms with Gasteiger partial charge in [0.1, 0.15) is 11.1 Å². The van der Waals surface area contributed by atoms with Crippen LogP contribution in [0.3, 0.4) is 0 Å². The fourth-order valence-corrected chi connectivity index (χ4v) is 4.61. The minimum absolute atomic E-state index is 0.0970. The maximum absolute atomic E-state index is 12.3. The van der Waals surface area contributed by atoms with Gasteiger partial charge in [-0.05, 0) is 43.2 Å². The third-order valence-electron chi connectivity index (χ3n) is 4.74. The summed E-state index contributed by atoms with van der Waals surface area (Å²) in [6.07, 6.45) is 3.06. The van der Waals surface area contributed by atoms with Gasteiger partial charge >= 0.3 is 0 Å². The average molecular weight is 353 g/mol. The summed E-state index contributed by atoms with van der Waals surface area (Å²) in [5.74, 6) is 0.542. The number of nitriles is 1. The third kappa shape index (κ3) is 4.09. The van der Waals surface area contributed by atoms with Crippen LogP contribution in [0.2, 0.25) is 0 Å². The zero-order chi connectivity index (χ0) is 17.8. The van der Waals surface area contributed by atoms with Gasteiger partial charge < -0.3 is 10.6 Å². The van der Waals surface area contributed by atoms with Crippen LogP contribution in [0.4, 0.5) is 5.00 Å². The van der Waals surface area contributed by atoms with Crippen molar-refractivity contribution in [3.63, 3.8) is 0 Å².